The predicted octanol–water partition coefficient (Wildman–Crippen LogP) is 2.72. The Kier molecular flexibility index (Phi) is 5.01. The van der Waals surface area contributed by atoms with Crippen LogP contribution in [0.25, 0.3) is 0 Å². The van der Waals surface area contributed by atoms with Gasteiger partial charge in [-0.25, -0.2) is 8.42 Å². The highest BCUT2D eigenvalue weighted by Crippen LogP contribution is 2.27. The normalized spacial score (nSPS) is 14.1. The first kappa shape index (κ1) is 16.4. The lowest BCUT2D eigenvalue weighted by molar-refractivity contribution is 0.590. The van der Waals surface area contributed by atoms with Crippen molar-refractivity contribution in [1.29, 1.82) is 0 Å². The van der Waals surface area contributed by atoms with Gasteiger partial charge in [0.1, 0.15) is 0 Å². The molecular formula is C13H24N2O2S2. The van der Waals surface area contributed by atoms with Crippen LogP contribution in [0.15, 0.2) is 4.40 Å². The summed E-state index contributed by atoms with van der Waals surface area (Å²) in [5.74, 6) is 0.130. The Morgan fingerprint density at radius 2 is 1.89 bits per heavy atom. The van der Waals surface area contributed by atoms with Gasteiger partial charge in [-0.2, -0.15) is 0 Å². The van der Waals surface area contributed by atoms with Gasteiger partial charge in [-0.15, -0.1) is 15.7 Å². The molecule has 0 aliphatic rings. The third kappa shape index (κ3) is 4.18. The van der Waals surface area contributed by atoms with E-state index >= 15 is 0 Å². The van der Waals surface area contributed by atoms with E-state index in [4.69, 9.17) is 0 Å². The monoisotopic (exact) mass is 304 g/mol. The molecule has 0 saturated carbocycles. The average molecular weight is 304 g/mol. The first-order valence-corrected chi connectivity index (χ1v) is 8.96. The van der Waals surface area contributed by atoms with E-state index in [-0.39, 0.29) is 11.2 Å². The van der Waals surface area contributed by atoms with Gasteiger partial charge in [0.2, 0.25) is 4.80 Å². The minimum atomic E-state index is -3.35. The lowest BCUT2D eigenvalue weighted by atomic mass is 9.93. The van der Waals surface area contributed by atoms with Gasteiger partial charge in [-0.3, -0.25) is 0 Å². The standard InChI is InChI=1S/C13H24N2O2S2/c1-7-8-9-19(16,17)14-12-15(6)10(2)11(18-12)13(3,4)5/h7-9H2,1-6H3/b14-12-. The topological polar surface area (TPSA) is 51.4 Å². The van der Waals surface area contributed by atoms with Gasteiger partial charge >= 0.3 is 0 Å². The third-order valence-corrected chi connectivity index (χ3v) is 6.00. The molecule has 0 aliphatic heterocycles. The molecule has 0 spiro atoms. The summed E-state index contributed by atoms with van der Waals surface area (Å²) in [6, 6.07) is 0. The molecule has 4 nitrogen and oxygen atoms in total. The minimum absolute atomic E-state index is 0.00740. The zero-order chi connectivity index (χ0) is 14.8. The van der Waals surface area contributed by atoms with Crippen molar-refractivity contribution < 1.29 is 8.42 Å². The predicted molar refractivity (Wildman–Crippen MR) is 81.0 cm³/mol. The zero-order valence-electron chi connectivity index (χ0n) is 12.6. The van der Waals surface area contributed by atoms with Crippen LogP contribution in [0.4, 0.5) is 0 Å². The maximum Gasteiger partial charge on any atom is 0.255 e. The summed E-state index contributed by atoms with van der Waals surface area (Å²) in [6.07, 6.45) is 1.52. The molecule has 0 unspecified atom stereocenters. The summed E-state index contributed by atoms with van der Waals surface area (Å²) in [4.78, 5) is 1.75. The number of nitrogens with zero attached hydrogens (tertiary/aromatic N) is 2. The summed E-state index contributed by atoms with van der Waals surface area (Å²) in [7, 11) is -1.48. The van der Waals surface area contributed by atoms with Crippen LogP contribution in [0.2, 0.25) is 0 Å². The molecule has 0 aliphatic carbocycles. The van der Waals surface area contributed by atoms with Gasteiger partial charge in [0.15, 0.2) is 0 Å². The molecule has 0 radical (unpaired) electrons. The number of unbranched alkanes of at least 4 members (excludes halogenated alkanes) is 1. The lowest BCUT2D eigenvalue weighted by Gasteiger charge is -2.17. The smallest absolute Gasteiger partial charge is 0.255 e. The summed E-state index contributed by atoms with van der Waals surface area (Å²) < 4.78 is 29.7. The average Bonchev–Trinajstić information content (AvgIpc) is 2.54. The van der Waals surface area contributed by atoms with Gasteiger partial charge in [-0.05, 0) is 18.8 Å². The summed E-state index contributed by atoms with van der Waals surface area (Å²) in [5, 5.41) is 0. The largest absolute Gasteiger partial charge is 0.323 e. The van der Waals surface area contributed by atoms with E-state index in [9.17, 15) is 8.42 Å². The van der Waals surface area contributed by atoms with Crippen LogP contribution < -0.4 is 4.80 Å². The van der Waals surface area contributed by atoms with Crippen LogP contribution >= 0.6 is 11.3 Å². The number of hydrogen-bond acceptors (Lipinski definition) is 3. The van der Waals surface area contributed by atoms with Crippen molar-refractivity contribution in [3.05, 3.63) is 15.4 Å². The Bertz CT molecular complexity index is 602. The second kappa shape index (κ2) is 5.79. The van der Waals surface area contributed by atoms with Crippen molar-refractivity contribution in [3.8, 4) is 0 Å². The van der Waals surface area contributed by atoms with E-state index in [0.29, 0.717) is 11.2 Å². The van der Waals surface area contributed by atoms with Crippen LogP contribution in [0.5, 0.6) is 0 Å². The zero-order valence-corrected chi connectivity index (χ0v) is 14.3. The molecule has 0 atom stereocenters. The number of aromatic nitrogens is 1. The van der Waals surface area contributed by atoms with E-state index in [0.717, 1.165) is 12.1 Å². The Labute approximate surface area is 120 Å². The molecular weight excluding hydrogens is 280 g/mol. The molecule has 0 aromatic carbocycles. The minimum Gasteiger partial charge on any atom is -0.323 e. The highest BCUT2D eigenvalue weighted by atomic mass is 32.2. The van der Waals surface area contributed by atoms with E-state index in [1.807, 2.05) is 25.5 Å². The number of hydrogen-bond donors (Lipinski definition) is 0. The van der Waals surface area contributed by atoms with Crippen molar-refractivity contribution in [2.45, 2.75) is 52.9 Å². The van der Waals surface area contributed by atoms with E-state index in [1.165, 1.54) is 16.2 Å². The van der Waals surface area contributed by atoms with Crippen LogP contribution in [-0.2, 0) is 22.5 Å². The van der Waals surface area contributed by atoms with Gasteiger partial charge < -0.3 is 4.57 Å². The van der Waals surface area contributed by atoms with Crippen LogP contribution in [-0.4, -0.2) is 18.7 Å². The Morgan fingerprint density at radius 1 is 1.32 bits per heavy atom. The molecule has 0 amide bonds. The molecule has 1 aromatic heterocycles. The Balaban J connectivity index is 3.30. The van der Waals surface area contributed by atoms with Crippen molar-refractivity contribution in [2.24, 2.45) is 11.4 Å². The molecule has 1 aromatic rings. The highest BCUT2D eigenvalue weighted by molar-refractivity contribution is 7.90. The highest BCUT2D eigenvalue weighted by Gasteiger charge is 2.21. The number of thiazole rings is 1. The molecule has 19 heavy (non-hydrogen) atoms. The fourth-order valence-corrected chi connectivity index (χ4v) is 4.44. The third-order valence-electron chi connectivity index (χ3n) is 2.97. The Hall–Kier alpha value is -0.620. The fraction of sp³-hybridized carbons (Fsp3) is 0.769. The van der Waals surface area contributed by atoms with E-state index in [2.05, 4.69) is 25.2 Å². The second-order valence-electron chi connectivity index (χ2n) is 5.84. The molecule has 0 saturated heterocycles. The van der Waals surface area contributed by atoms with Gasteiger partial charge in [-0.1, -0.05) is 34.1 Å². The second-order valence-corrected chi connectivity index (χ2v) is 8.57. The molecule has 0 bridgehead atoms. The van der Waals surface area contributed by atoms with Crippen molar-refractivity contribution in [3.63, 3.8) is 0 Å². The summed E-state index contributed by atoms with van der Waals surface area (Å²) >= 11 is 1.47. The summed E-state index contributed by atoms with van der Waals surface area (Å²) in [5.41, 5.74) is 1.09. The SMILES string of the molecule is CCCCS(=O)(=O)/N=c1\sc(C(C)(C)C)c(C)n1C. The maximum absolute atomic E-state index is 11.9. The van der Waals surface area contributed by atoms with Crippen LogP contribution in [0.3, 0.4) is 0 Å². The van der Waals surface area contributed by atoms with Gasteiger partial charge in [0.05, 0.1) is 5.75 Å². The van der Waals surface area contributed by atoms with Crippen LogP contribution in [0.1, 0.15) is 51.1 Å². The molecule has 110 valence electrons. The van der Waals surface area contributed by atoms with Crippen LogP contribution in [0, 0.1) is 6.92 Å². The fourth-order valence-electron chi connectivity index (χ4n) is 1.80. The quantitative estimate of drug-likeness (QED) is 0.859. The number of rotatable bonds is 4. The molecule has 0 fully saturated rings. The maximum atomic E-state index is 11.9. The molecule has 6 heteroatoms. The van der Waals surface area contributed by atoms with Crippen molar-refractivity contribution in [2.75, 3.05) is 5.75 Å². The lowest BCUT2D eigenvalue weighted by Crippen LogP contribution is -2.16. The summed E-state index contributed by atoms with van der Waals surface area (Å²) in [6.45, 7) is 10.4. The van der Waals surface area contributed by atoms with Gasteiger partial charge in [0, 0.05) is 17.6 Å². The first-order chi connectivity index (χ1) is 8.58. The van der Waals surface area contributed by atoms with E-state index < -0.39 is 10.0 Å². The van der Waals surface area contributed by atoms with E-state index in [1.54, 1.807) is 0 Å². The molecule has 0 N–H and O–H groups in total. The van der Waals surface area contributed by atoms with Crippen molar-refractivity contribution in [1.82, 2.24) is 4.57 Å². The molecule has 1 rings (SSSR count). The Morgan fingerprint density at radius 3 is 2.32 bits per heavy atom. The number of sulfonamides is 1. The van der Waals surface area contributed by atoms with Gasteiger partial charge in [0.25, 0.3) is 10.0 Å². The van der Waals surface area contributed by atoms with Crippen molar-refractivity contribution >= 4 is 21.4 Å². The first-order valence-electron chi connectivity index (χ1n) is 6.54. The molecule has 1 heterocycles.